The Morgan fingerprint density at radius 2 is 1.86 bits per heavy atom. The van der Waals surface area contributed by atoms with Crippen molar-refractivity contribution < 1.29 is 38.4 Å². The summed E-state index contributed by atoms with van der Waals surface area (Å²) in [7, 11) is 0. The summed E-state index contributed by atoms with van der Waals surface area (Å²) >= 11 is 1.03. The largest absolute Gasteiger partial charge is 0.498 e. The monoisotopic (exact) mass is 722 g/mol. The van der Waals surface area contributed by atoms with Gasteiger partial charge in [0.1, 0.15) is 34.6 Å². The third-order valence-corrected chi connectivity index (χ3v) is 9.90. The highest BCUT2D eigenvalue weighted by atomic mass is 32.1. The number of aromatic nitrogens is 4. The second-order valence-electron chi connectivity index (χ2n) is 12.3. The van der Waals surface area contributed by atoms with Gasteiger partial charge in [0.15, 0.2) is 0 Å². The van der Waals surface area contributed by atoms with Crippen molar-refractivity contribution in [2.45, 2.75) is 57.6 Å². The Labute approximate surface area is 292 Å². The Morgan fingerprint density at radius 3 is 2.53 bits per heavy atom. The van der Waals surface area contributed by atoms with Gasteiger partial charge in [0.05, 0.1) is 24.5 Å². The van der Waals surface area contributed by atoms with Gasteiger partial charge in [0, 0.05) is 53.2 Å². The minimum atomic E-state index is -4.29. The van der Waals surface area contributed by atoms with Crippen LogP contribution in [0.1, 0.15) is 46.2 Å². The fourth-order valence-corrected chi connectivity index (χ4v) is 7.21. The third kappa shape index (κ3) is 7.98. The Hall–Kier alpha value is -5.44. The number of nitrogens with zero attached hydrogens (tertiary/aromatic N) is 6. The number of thiophene rings is 1. The van der Waals surface area contributed by atoms with Crippen molar-refractivity contribution in [1.82, 2.24) is 24.4 Å². The van der Waals surface area contributed by atoms with E-state index in [2.05, 4.69) is 36.6 Å². The molecule has 1 unspecified atom stereocenters. The number of rotatable bonds is 10. The van der Waals surface area contributed by atoms with Gasteiger partial charge in [-0.05, 0) is 55.2 Å². The Bertz CT molecular complexity index is 2150. The molecule has 6 N–H and O–H groups in total. The topological polar surface area (TPSA) is 193 Å². The minimum absolute atomic E-state index is 0.00321. The number of amides is 1. The zero-order valence-electron chi connectivity index (χ0n) is 27.1. The van der Waals surface area contributed by atoms with E-state index in [1.54, 1.807) is 10.6 Å². The number of benzene rings is 1. The molecule has 1 aliphatic heterocycles. The number of halogens is 3. The van der Waals surface area contributed by atoms with E-state index < -0.39 is 36.3 Å². The summed E-state index contributed by atoms with van der Waals surface area (Å²) in [5.41, 5.74) is 3.66. The molecule has 0 saturated carbocycles. The van der Waals surface area contributed by atoms with Gasteiger partial charge in [0.25, 0.3) is 11.7 Å². The third-order valence-electron chi connectivity index (χ3n) is 8.85. The summed E-state index contributed by atoms with van der Waals surface area (Å²) in [5, 5.41) is 55.1. The Balaban J connectivity index is 1.09. The number of carbonyl (C=O) groups is 1. The van der Waals surface area contributed by atoms with E-state index in [1.165, 1.54) is 30.7 Å². The van der Waals surface area contributed by atoms with Gasteiger partial charge >= 0.3 is 12.1 Å². The standard InChI is InChI=1S/C34H33F3N8O5S/c1-18-20(15-44-8-6-21(7-9-44)42-30-25-11-23(12-34(35,36)37)51-32(25)41-17-40-30)2-4-26-24(18)10-22(13-38)45(26)16-27(46)19-3-5-28(39-14-19)43-31(48)29(47)33(49)50/h2-5,10-11,14,17,21,27,46-47,49-50H,6-9,12,15-16H2,1H3,(H,39,43,48)(H,40,41,42). The van der Waals surface area contributed by atoms with Crippen LogP contribution in [0.25, 0.3) is 21.1 Å². The van der Waals surface area contributed by atoms with Crippen LogP contribution in [0, 0.1) is 18.3 Å². The fraction of sp³-hybridized carbons (Fsp3) is 0.324. The highest BCUT2D eigenvalue weighted by Gasteiger charge is 2.29. The summed E-state index contributed by atoms with van der Waals surface area (Å²) < 4.78 is 40.6. The number of hydrogen-bond donors (Lipinski definition) is 6. The highest BCUT2D eigenvalue weighted by Crippen LogP contribution is 2.34. The first-order chi connectivity index (χ1) is 24.3. The van der Waals surface area contributed by atoms with Crippen LogP contribution >= 0.6 is 11.3 Å². The normalized spacial score (nSPS) is 14.7. The van der Waals surface area contributed by atoms with Crippen LogP contribution in [0.15, 0.2) is 60.6 Å². The molecule has 5 heterocycles. The fourth-order valence-electron chi connectivity index (χ4n) is 6.19. The van der Waals surface area contributed by atoms with E-state index in [-0.39, 0.29) is 23.3 Å². The maximum Gasteiger partial charge on any atom is 0.393 e. The second-order valence-corrected chi connectivity index (χ2v) is 13.4. The predicted octanol–water partition coefficient (Wildman–Crippen LogP) is 5.92. The van der Waals surface area contributed by atoms with E-state index in [9.17, 15) is 33.4 Å². The highest BCUT2D eigenvalue weighted by molar-refractivity contribution is 7.18. The van der Waals surface area contributed by atoms with Crippen molar-refractivity contribution in [3.63, 3.8) is 0 Å². The summed E-state index contributed by atoms with van der Waals surface area (Å²) in [5.74, 6) is -3.42. The van der Waals surface area contributed by atoms with Crippen LogP contribution < -0.4 is 10.6 Å². The SMILES string of the molecule is Cc1c(CN2CCC(Nc3ncnc4sc(CC(F)(F)F)cc34)CC2)ccc2c1cc(C#N)n2CC(O)c1ccc(NC(=O)C(O)=C(O)O)nc1. The van der Waals surface area contributed by atoms with E-state index in [0.717, 1.165) is 59.3 Å². The maximum absolute atomic E-state index is 12.9. The molecule has 1 aromatic carbocycles. The number of nitrogens with one attached hydrogen (secondary N) is 2. The van der Waals surface area contributed by atoms with E-state index >= 15 is 0 Å². The van der Waals surface area contributed by atoms with Crippen LogP contribution in [-0.2, 0) is 24.3 Å². The summed E-state index contributed by atoms with van der Waals surface area (Å²) in [4.78, 5) is 27.4. The van der Waals surface area contributed by atoms with Crippen molar-refractivity contribution in [3.8, 4) is 6.07 Å². The van der Waals surface area contributed by atoms with E-state index in [4.69, 9.17) is 10.2 Å². The first-order valence-electron chi connectivity index (χ1n) is 15.9. The average Bonchev–Trinajstić information content (AvgIpc) is 3.67. The van der Waals surface area contributed by atoms with Crippen molar-refractivity contribution in [1.29, 1.82) is 5.26 Å². The molecule has 5 aromatic rings. The molecule has 1 fully saturated rings. The number of aliphatic hydroxyl groups is 4. The number of pyridine rings is 1. The minimum Gasteiger partial charge on any atom is -0.498 e. The number of hydrogen-bond acceptors (Lipinski definition) is 12. The maximum atomic E-state index is 12.9. The second kappa shape index (κ2) is 14.4. The molecule has 1 atom stereocenters. The quantitative estimate of drug-likeness (QED) is 0.0741. The zero-order valence-corrected chi connectivity index (χ0v) is 28.0. The summed E-state index contributed by atoms with van der Waals surface area (Å²) in [6.07, 6.45) is -2.03. The van der Waals surface area contributed by atoms with Crippen LogP contribution in [-0.4, -0.2) is 76.1 Å². The van der Waals surface area contributed by atoms with Crippen molar-refractivity contribution in [2.24, 2.45) is 0 Å². The first kappa shape index (κ1) is 35.4. The molecule has 51 heavy (non-hydrogen) atoms. The molecule has 0 bridgehead atoms. The lowest BCUT2D eigenvalue weighted by molar-refractivity contribution is -0.126. The number of anilines is 2. The number of carbonyl (C=O) groups excluding carboxylic acids is 1. The molecule has 0 aliphatic carbocycles. The lowest BCUT2D eigenvalue weighted by Gasteiger charge is -2.33. The van der Waals surface area contributed by atoms with Crippen LogP contribution in [0.5, 0.6) is 0 Å². The van der Waals surface area contributed by atoms with E-state index in [0.29, 0.717) is 33.8 Å². The van der Waals surface area contributed by atoms with Gasteiger partial charge < -0.3 is 35.6 Å². The molecule has 0 spiro atoms. The lowest BCUT2D eigenvalue weighted by atomic mass is 10.0. The first-order valence-corrected chi connectivity index (χ1v) is 16.7. The molecule has 266 valence electrons. The van der Waals surface area contributed by atoms with Crippen molar-refractivity contribution in [3.05, 3.63) is 87.9 Å². The van der Waals surface area contributed by atoms with Crippen LogP contribution in [0.3, 0.4) is 0 Å². The molecule has 0 radical (unpaired) electrons. The van der Waals surface area contributed by atoms with Crippen LogP contribution in [0.2, 0.25) is 0 Å². The van der Waals surface area contributed by atoms with Crippen LogP contribution in [0.4, 0.5) is 24.8 Å². The lowest BCUT2D eigenvalue weighted by Crippen LogP contribution is -2.39. The molecular weight excluding hydrogens is 689 g/mol. The summed E-state index contributed by atoms with van der Waals surface area (Å²) in [6, 6.07) is 12.5. The van der Waals surface area contributed by atoms with Gasteiger partial charge in [-0.2, -0.15) is 18.4 Å². The van der Waals surface area contributed by atoms with Crippen molar-refractivity contribution >= 4 is 50.0 Å². The molecule has 6 rings (SSSR count). The molecule has 1 amide bonds. The molecule has 4 aromatic heterocycles. The number of piperidine rings is 1. The Morgan fingerprint density at radius 1 is 1.10 bits per heavy atom. The molecule has 1 aliphatic rings. The van der Waals surface area contributed by atoms with E-state index in [1.807, 2.05) is 19.1 Å². The number of alkyl halides is 3. The number of likely N-dealkylation sites (tertiary alicyclic amines) is 1. The Kier molecular flexibility index (Phi) is 10.0. The number of fused-ring (bicyclic) bond motifs is 2. The smallest absolute Gasteiger partial charge is 0.393 e. The van der Waals surface area contributed by atoms with Gasteiger partial charge in [0.2, 0.25) is 0 Å². The average molecular weight is 723 g/mol. The zero-order chi connectivity index (χ0) is 36.4. The van der Waals surface area contributed by atoms with Gasteiger partial charge in [-0.1, -0.05) is 12.1 Å². The number of aryl methyl sites for hydroxylation is 1. The van der Waals surface area contributed by atoms with Gasteiger partial charge in [-0.25, -0.2) is 15.0 Å². The number of nitriles is 1. The van der Waals surface area contributed by atoms with Crippen molar-refractivity contribution in [2.75, 3.05) is 23.7 Å². The summed E-state index contributed by atoms with van der Waals surface area (Å²) in [6.45, 7) is 4.33. The molecule has 13 nitrogen and oxygen atoms in total. The molecule has 1 saturated heterocycles. The molecular formula is C34H33F3N8O5S. The molecule has 17 heteroatoms. The van der Waals surface area contributed by atoms with Gasteiger partial charge in [-0.15, -0.1) is 11.3 Å². The van der Waals surface area contributed by atoms with Gasteiger partial charge in [-0.3, -0.25) is 9.69 Å². The number of aliphatic hydroxyl groups excluding tert-OH is 3. The predicted molar refractivity (Wildman–Crippen MR) is 183 cm³/mol.